The van der Waals surface area contributed by atoms with Crippen molar-refractivity contribution in [2.24, 2.45) is 0 Å². The molecule has 21 heavy (non-hydrogen) atoms. The van der Waals surface area contributed by atoms with Crippen LogP contribution in [0.1, 0.15) is 21.6 Å². The summed E-state index contributed by atoms with van der Waals surface area (Å²) in [6.07, 6.45) is 0.821. The van der Waals surface area contributed by atoms with E-state index in [1.807, 2.05) is 50.4 Å². The van der Waals surface area contributed by atoms with Gasteiger partial charge in [-0.25, -0.2) is 4.98 Å². The number of nitrogens with one attached hydrogen (secondary N) is 2. The predicted octanol–water partition coefficient (Wildman–Crippen LogP) is 2.83. The highest BCUT2D eigenvalue weighted by Gasteiger charge is 2.11. The minimum Gasteiger partial charge on any atom is -0.319 e. The summed E-state index contributed by atoms with van der Waals surface area (Å²) in [5.41, 5.74) is 2.62. The van der Waals surface area contributed by atoms with E-state index in [1.54, 1.807) is 6.07 Å². The van der Waals surface area contributed by atoms with Gasteiger partial charge in [0.25, 0.3) is 5.91 Å². The number of rotatable bonds is 5. The SMILES string of the molecule is CNCCc1ccccc1C(=O)Nc1cccc(C)n1.Cl. The van der Waals surface area contributed by atoms with Crippen molar-refractivity contribution in [2.75, 3.05) is 18.9 Å². The first-order valence-electron chi connectivity index (χ1n) is 6.68. The van der Waals surface area contributed by atoms with Crippen LogP contribution in [-0.4, -0.2) is 24.5 Å². The van der Waals surface area contributed by atoms with E-state index in [2.05, 4.69) is 15.6 Å². The molecule has 1 amide bonds. The number of aromatic nitrogens is 1. The van der Waals surface area contributed by atoms with E-state index >= 15 is 0 Å². The third kappa shape index (κ3) is 4.85. The van der Waals surface area contributed by atoms with Crippen molar-refractivity contribution < 1.29 is 4.79 Å². The Labute approximate surface area is 131 Å². The maximum absolute atomic E-state index is 12.3. The molecule has 0 aliphatic rings. The Morgan fingerprint density at radius 1 is 1.14 bits per heavy atom. The van der Waals surface area contributed by atoms with Gasteiger partial charge in [-0.3, -0.25) is 4.79 Å². The van der Waals surface area contributed by atoms with E-state index in [4.69, 9.17) is 0 Å². The number of likely N-dealkylation sites (N-methyl/N-ethyl adjacent to an activating group) is 1. The van der Waals surface area contributed by atoms with Crippen molar-refractivity contribution in [2.45, 2.75) is 13.3 Å². The quantitative estimate of drug-likeness (QED) is 0.893. The molecule has 5 heteroatoms. The zero-order valence-electron chi connectivity index (χ0n) is 12.2. The fourth-order valence-electron chi connectivity index (χ4n) is 2.02. The number of amides is 1. The average Bonchev–Trinajstić information content (AvgIpc) is 2.45. The second kappa shape index (κ2) is 8.39. The minimum absolute atomic E-state index is 0. The summed E-state index contributed by atoms with van der Waals surface area (Å²) in [4.78, 5) is 16.6. The van der Waals surface area contributed by atoms with Gasteiger partial charge in [0.05, 0.1) is 0 Å². The van der Waals surface area contributed by atoms with Crippen LogP contribution in [0.3, 0.4) is 0 Å². The van der Waals surface area contributed by atoms with E-state index in [0.717, 1.165) is 24.2 Å². The van der Waals surface area contributed by atoms with Crippen LogP contribution in [0.15, 0.2) is 42.5 Å². The van der Waals surface area contributed by atoms with Crippen LogP contribution >= 0.6 is 12.4 Å². The summed E-state index contributed by atoms with van der Waals surface area (Å²) in [6, 6.07) is 13.2. The zero-order valence-corrected chi connectivity index (χ0v) is 13.0. The van der Waals surface area contributed by atoms with Crippen molar-refractivity contribution in [1.29, 1.82) is 0 Å². The number of hydrogen-bond acceptors (Lipinski definition) is 3. The predicted molar refractivity (Wildman–Crippen MR) is 88.2 cm³/mol. The Balaban J connectivity index is 0.00000220. The number of pyridine rings is 1. The molecule has 1 aromatic heterocycles. The second-order valence-corrected chi connectivity index (χ2v) is 4.63. The molecular formula is C16H20ClN3O. The smallest absolute Gasteiger partial charge is 0.257 e. The molecule has 0 spiro atoms. The molecule has 2 N–H and O–H groups in total. The molecule has 1 heterocycles. The van der Waals surface area contributed by atoms with Crippen LogP contribution in [-0.2, 0) is 6.42 Å². The average molecular weight is 306 g/mol. The lowest BCUT2D eigenvalue weighted by atomic mass is 10.0. The minimum atomic E-state index is -0.116. The molecule has 4 nitrogen and oxygen atoms in total. The maximum Gasteiger partial charge on any atom is 0.257 e. The third-order valence-corrected chi connectivity index (χ3v) is 3.04. The molecule has 2 aromatic rings. The summed E-state index contributed by atoms with van der Waals surface area (Å²) in [6.45, 7) is 2.74. The van der Waals surface area contributed by atoms with Crippen LogP contribution in [0.2, 0.25) is 0 Å². The van der Waals surface area contributed by atoms with Crippen LogP contribution < -0.4 is 10.6 Å². The molecule has 0 fully saturated rings. The van der Waals surface area contributed by atoms with E-state index in [9.17, 15) is 4.79 Å². The van der Waals surface area contributed by atoms with E-state index in [-0.39, 0.29) is 18.3 Å². The third-order valence-electron chi connectivity index (χ3n) is 3.04. The number of halogens is 1. The first kappa shape index (κ1) is 17.1. The van der Waals surface area contributed by atoms with Gasteiger partial charge in [-0.1, -0.05) is 24.3 Å². The molecule has 0 unspecified atom stereocenters. The number of benzene rings is 1. The maximum atomic E-state index is 12.3. The van der Waals surface area contributed by atoms with Crippen LogP contribution in [0.25, 0.3) is 0 Å². The molecule has 0 aliphatic heterocycles. The monoisotopic (exact) mass is 305 g/mol. The van der Waals surface area contributed by atoms with Crippen LogP contribution in [0.4, 0.5) is 5.82 Å². The number of nitrogens with zero attached hydrogens (tertiary/aromatic N) is 1. The molecule has 0 saturated heterocycles. The molecule has 112 valence electrons. The van der Waals surface area contributed by atoms with Crippen LogP contribution in [0.5, 0.6) is 0 Å². The lowest BCUT2D eigenvalue weighted by Crippen LogP contribution is -2.17. The van der Waals surface area contributed by atoms with Crippen molar-refractivity contribution in [1.82, 2.24) is 10.3 Å². The second-order valence-electron chi connectivity index (χ2n) is 4.63. The first-order valence-corrected chi connectivity index (χ1v) is 6.68. The zero-order chi connectivity index (χ0) is 14.4. The highest BCUT2D eigenvalue weighted by molar-refractivity contribution is 6.04. The van der Waals surface area contributed by atoms with Gasteiger partial charge < -0.3 is 10.6 Å². The highest BCUT2D eigenvalue weighted by atomic mass is 35.5. The summed E-state index contributed by atoms with van der Waals surface area (Å²) in [7, 11) is 1.90. The van der Waals surface area contributed by atoms with E-state index in [0.29, 0.717) is 11.4 Å². The fraction of sp³-hybridized carbons (Fsp3) is 0.250. The highest BCUT2D eigenvalue weighted by Crippen LogP contribution is 2.12. The topological polar surface area (TPSA) is 54.0 Å². The fourth-order valence-corrected chi connectivity index (χ4v) is 2.02. The lowest BCUT2D eigenvalue weighted by molar-refractivity contribution is 0.102. The van der Waals surface area contributed by atoms with Gasteiger partial charge in [-0.2, -0.15) is 0 Å². The Hall–Kier alpha value is -1.91. The van der Waals surface area contributed by atoms with Gasteiger partial charge in [0.2, 0.25) is 0 Å². The van der Waals surface area contributed by atoms with Gasteiger partial charge in [0.15, 0.2) is 0 Å². The number of carbonyl (C=O) groups excluding carboxylic acids is 1. The number of aryl methyl sites for hydroxylation is 1. The van der Waals surface area contributed by atoms with E-state index in [1.165, 1.54) is 0 Å². The lowest BCUT2D eigenvalue weighted by Gasteiger charge is -2.10. The van der Waals surface area contributed by atoms with Crippen molar-refractivity contribution in [3.63, 3.8) is 0 Å². The summed E-state index contributed by atoms with van der Waals surface area (Å²) >= 11 is 0. The Morgan fingerprint density at radius 2 is 1.90 bits per heavy atom. The van der Waals surface area contributed by atoms with Crippen molar-refractivity contribution in [3.05, 3.63) is 59.3 Å². The standard InChI is InChI=1S/C16H19N3O.ClH/c1-12-6-5-9-15(18-12)19-16(20)14-8-4-3-7-13(14)10-11-17-2;/h3-9,17H,10-11H2,1-2H3,(H,18,19,20);1H. The summed E-state index contributed by atoms with van der Waals surface area (Å²) < 4.78 is 0. The summed E-state index contributed by atoms with van der Waals surface area (Å²) in [5.74, 6) is 0.466. The Morgan fingerprint density at radius 3 is 2.62 bits per heavy atom. The van der Waals surface area contributed by atoms with Gasteiger partial charge >= 0.3 is 0 Å². The number of hydrogen-bond donors (Lipinski definition) is 2. The molecular weight excluding hydrogens is 286 g/mol. The van der Waals surface area contributed by atoms with Gasteiger partial charge in [-0.15, -0.1) is 12.4 Å². The normalized spacial score (nSPS) is 9.81. The first-order chi connectivity index (χ1) is 9.70. The van der Waals surface area contributed by atoms with Crippen molar-refractivity contribution >= 4 is 24.1 Å². The Kier molecular flexibility index (Phi) is 6.85. The van der Waals surface area contributed by atoms with Gasteiger partial charge in [0, 0.05) is 11.3 Å². The molecule has 1 aromatic carbocycles. The molecule has 0 radical (unpaired) electrons. The van der Waals surface area contributed by atoms with Gasteiger partial charge in [-0.05, 0) is 50.7 Å². The Bertz CT molecular complexity index is 602. The van der Waals surface area contributed by atoms with E-state index < -0.39 is 0 Å². The largest absolute Gasteiger partial charge is 0.319 e. The molecule has 0 bridgehead atoms. The number of carbonyl (C=O) groups is 1. The molecule has 0 atom stereocenters. The molecule has 0 aliphatic carbocycles. The summed E-state index contributed by atoms with van der Waals surface area (Å²) in [5, 5.41) is 5.94. The molecule has 0 saturated carbocycles. The van der Waals surface area contributed by atoms with Gasteiger partial charge in [0.1, 0.15) is 5.82 Å². The molecule has 2 rings (SSSR count). The number of anilines is 1. The van der Waals surface area contributed by atoms with Crippen LogP contribution in [0, 0.1) is 6.92 Å². The van der Waals surface area contributed by atoms with Crippen molar-refractivity contribution in [3.8, 4) is 0 Å².